The number of unbranched alkanes of at least 4 members (excludes halogenated alkanes) is 4. The van der Waals surface area contributed by atoms with Gasteiger partial charge in [0.1, 0.15) is 0 Å². The van der Waals surface area contributed by atoms with E-state index in [1.807, 2.05) is 37.5 Å². The first kappa shape index (κ1) is 26.0. The van der Waals surface area contributed by atoms with Gasteiger partial charge in [0, 0.05) is 47.5 Å². The Kier molecular flexibility index (Phi) is 9.06. The molecule has 1 aromatic carbocycles. The average Bonchev–Trinajstić information content (AvgIpc) is 3.17. The molecule has 1 aliphatic rings. The molecule has 0 saturated carbocycles. The van der Waals surface area contributed by atoms with Gasteiger partial charge in [0.05, 0.1) is 5.52 Å². The Labute approximate surface area is 217 Å². The molecule has 0 aliphatic heterocycles. The average molecular weight is 516 g/mol. The molecule has 190 valence electrons. The third kappa shape index (κ3) is 6.18. The van der Waals surface area contributed by atoms with Crippen LogP contribution in [0.3, 0.4) is 0 Å². The number of benzene rings is 1. The molecular formula is C27H38ClN5OS. The number of aromatic nitrogens is 3. The Morgan fingerprint density at radius 3 is 2.71 bits per heavy atom. The van der Waals surface area contributed by atoms with Crippen molar-refractivity contribution in [1.29, 1.82) is 0 Å². The van der Waals surface area contributed by atoms with Crippen LogP contribution in [0.5, 0.6) is 0 Å². The second kappa shape index (κ2) is 12.2. The quantitative estimate of drug-likeness (QED) is 0.302. The fourth-order valence-electron chi connectivity index (χ4n) is 4.89. The maximum Gasteiger partial charge on any atom is 0.340 e. The van der Waals surface area contributed by atoms with Crippen molar-refractivity contribution in [3.8, 4) is 0 Å². The first-order valence-electron chi connectivity index (χ1n) is 13.2. The van der Waals surface area contributed by atoms with Crippen molar-refractivity contribution < 1.29 is 0 Å². The van der Waals surface area contributed by atoms with E-state index in [1.54, 1.807) is 3.96 Å². The molecule has 0 amide bonds. The number of nitrogens with zero attached hydrogens (tertiary/aromatic N) is 4. The normalized spacial score (nSPS) is 14.1. The summed E-state index contributed by atoms with van der Waals surface area (Å²) in [7, 11) is 0. The standard InChI is InChI=1S/C27H38ClN5OS/c1-4-32-27(34)33(19(2)3)26(35-32)30-17-11-7-5-6-10-16-29-25-21-12-8-9-13-23(21)31-24-18-20(28)14-15-22(24)25/h14-15,18-19H,4-13,16-17H2,1-3H3,(H,29,31). The lowest BCUT2D eigenvalue weighted by Gasteiger charge is -2.22. The van der Waals surface area contributed by atoms with Gasteiger partial charge in [0.2, 0.25) is 4.80 Å². The highest BCUT2D eigenvalue weighted by atomic mass is 35.5. The highest BCUT2D eigenvalue weighted by molar-refractivity contribution is 7.03. The molecule has 2 aromatic heterocycles. The Morgan fingerprint density at radius 1 is 1.14 bits per heavy atom. The van der Waals surface area contributed by atoms with Crippen LogP contribution in [0.1, 0.15) is 83.0 Å². The monoisotopic (exact) mass is 515 g/mol. The van der Waals surface area contributed by atoms with Gasteiger partial charge in [0.15, 0.2) is 0 Å². The lowest BCUT2D eigenvalue weighted by Crippen LogP contribution is -2.31. The van der Waals surface area contributed by atoms with E-state index in [0.29, 0.717) is 6.54 Å². The number of rotatable bonds is 11. The molecule has 1 N–H and O–H groups in total. The second-order valence-electron chi connectivity index (χ2n) is 9.67. The highest BCUT2D eigenvalue weighted by Crippen LogP contribution is 2.34. The molecule has 1 aliphatic carbocycles. The highest BCUT2D eigenvalue weighted by Gasteiger charge is 2.18. The van der Waals surface area contributed by atoms with Crippen molar-refractivity contribution in [1.82, 2.24) is 13.5 Å². The number of anilines is 1. The molecule has 0 spiro atoms. The van der Waals surface area contributed by atoms with Crippen LogP contribution in [-0.2, 0) is 19.4 Å². The maximum absolute atomic E-state index is 12.4. The van der Waals surface area contributed by atoms with E-state index in [2.05, 4.69) is 11.4 Å². The van der Waals surface area contributed by atoms with Gasteiger partial charge in [-0.3, -0.25) is 14.5 Å². The summed E-state index contributed by atoms with van der Waals surface area (Å²) in [6.45, 7) is 8.55. The minimum absolute atomic E-state index is 0.0603. The SMILES string of the molecule is CCn1sc(=NCCCCCCCNc2c3c(nc4cc(Cl)ccc24)CCCC3)n(C(C)C)c1=O. The topological polar surface area (TPSA) is 64.2 Å². The first-order chi connectivity index (χ1) is 17.0. The zero-order valence-corrected chi connectivity index (χ0v) is 22.9. The predicted octanol–water partition coefficient (Wildman–Crippen LogP) is 6.36. The zero-order valence-electron chi connectivity index (χ0n) is 21.3. The molecule has 0 fully saturated rings. The summed E-state index contributed by atoms with van der Waals surface area (Å²) in [5.74, 6) is 0. The summed E-state index contributed by atoms with van der Waals surface area (Å²) in [5.41, 5.74) is 4.99. The fraction of sp³-hybridized carbons (Fsp3) is 0.593. The lowest BCUT2D eigenvalue weighted by atomic mass is 9.92. The van der Waals surface area contributed by atoms with Gasteiger partial charge in [-0.25, -0.2) is 8.75 Å². The third-order valence-electron chi connectivity index (χ3n) is 6.73. The van der Waals surface area contributed by atoms with Gasteiger partial charge >= 0.3 is 5.69 Å². The predicted molar refractivity (Wildman–Crippen MR) is 148 cm³/mol. The van der Waals surface area contributed by atoms with E-state index in [9.17, 15) is 4.79 Å². The molecular weight excluding hydrogens is 478 g/mol. The number of hydrogen-bond acceptors (Lipinski definition) is 5. The van der Waals surface area contributed by atoms with Gasteiger partial charge in [-0.05, 0) is 94.6 Å². The summed E-state index contributed by atoms with van der Waals surface area (Å²) in [6, 6.07) is 6.20. The molecule has 0 atom stereocenters. The van der Waals surface area contributed by atoms with E-state index in [-0.39, 0.29) is 11.7 Å². The molecule has 6 nitrogen and oxygen atoms in total. The molecule has 0 unspecified atom stereocenters. The van der Waals surface area contributed by atoms with Crippen LogP contribution < -0.4 is 15.8 Å². The minimum Gasteiger partial charge on any atom is -0.384 e. The van der Waals surface area contributed by atoms with Crippen LogP contribution in [-0.4, -0.2) is 26.6 Å². The molecule has 0 radical (unpaired) electrons. The van der Waals surface area contributed by atoms with Crippen LogP contribution in [0.4, 0.5) is 5.69 Å². The first-order valence-corrected chi connectivity index (χ1v) is 14.3. The molecule has 3 aromatic rings. The number of nitrogens with one attached hydrogen (secondary N) is 1. The lowest BCUT2D eigenvalue weighted by molar-refractivity contribution is 0.536. The maximum atomic E-state index is 12.4. The summed E-state index contributed by atoms with van der Waals surface area (Å²) in [6.07, 6.45) is 10.4. The van der Waals surface area contributed by atoms with Crippen molar-refractivity contribution in [3.05, 3.63) is 49.8 Å². The number of aryl methyl sites for hydroxylation is 2. The van der Waals surface area contributed by atoms with Gasteiger partial charge in [-0.2, -0.15) is 0 Å². The van der Waals surface area contributed by atoms with E-state index < -0.39 is 0 Å². The Balaban J connectivity index is 1.26. The van der Waals surface area contributed by atoms with Crippen LogP contribution in [0.15, 0.2) is 28.0 Å². The Bertz CT molecular complexity index is 1270. The molecule has 8 heteroatoms. The Hall–Kier alpha value is -2.12. The fourth-order valence-corrected chi connectivity index (χ4v) is 6.07. The van der Waals surface area contributed by atoms with Crippen molar-refractivity contribution in [3.63, 3.8) is 0 Å². The van der Waals surface area contributed by atoms with E-state index >= 15 is 0 Å². The van der Waals surface area contributed by atoms with Crippen LogP contribution in [0.25, 0.3) is 10.9 Å². The molecule has 4 rings (SSSR count). The van der Waals surface area contributed by atoms with Crippen LogP contribution in [0.2, 0.25) is 5.02 Å². The minimum atomic E-state index is 0.0603. The van der Waals surface area contributed by atoms with E-state index in [0.717, 1.165) is 54.1 Å². The molecule has 2 heterocycles. The summed E-state index contributed by atoms with van der Waals surface area (Å²) in [5, 5.41) is 5.69. The third-order valence-corrected chi connectivity index (χ3v) is 8.09. The van der Waals surface area contributed by atoms with E-state index in [1.165, 1.54) is 66.0 Å². The van der Waals surface area contributed by atoms with E-state index in [4.69, 9.17) is 21.6 Å². The number of fused-ring (bicyclic) bond motifs is 2. The number of pyridine rings is 1. The smallest absolute Gasteiger partial charge is 0.340 e. The summed E-state index contributed by atoms with van der Waals surface area (Å²) < 4.78 is 3.60. The zero-order chi connectivity index (χ0) is 24.8. The van der Waals surface area contributed by atoms with Crippen molar-refractivity contribution >= 4 is 39.7 Å². The second-order valence-corrected chi connectivity index (χ2v) is 11.1. The van der Waals surface area contributed by atoms with Crippen molar-refractivity contribution in [2.24, 2.45) is 4.99 Å². The Morgan fingerprint density at radius 2 is 1.91 bits per heavy atom. The van der Waals surface area contributed by atoms with Crippen molar-refractivity contribution in [2.75, 3.05) is 18.4 Å². The van der Waals surface area contributed by atoms with Crippen molar-refractivity contribution in [2.45, 2.75) is 91.1 Å². The number of hydrogen-bond donors (Lipinski definition) is 1. The van der Waals surface area contributed by atoms with Gasteiger partial charge in [-0.1, -0.05) is 30.9 Å². The largest absolute Gasteiger partial charge is 0.384 e. The molecule has 0 bridgehead atoms. The summed E-state index contributed by atoms with van der Waals surface area (Å²) in [4.78, 5) is 22.9. The molecule has 35 heavy (non-hydrogen) atoms. The van der Waals surface area contributed by atoms with Gasteiger partial charge in [-0.15, -0.1) is 0 Å². The van der Waals surface area contributed by atoms with Gasteiger partial charge < -0.3 is 5.32 Å². The van der Waals surface area contributed by atoms with Crippen LogP contribution in [0, 0.1) is 0 Å². The number of halogens is 1. The molecule has 0 saturated heterocycles. The summed E-state index contributed by atoms with van der Waals surface area (Å²) >= 11 is 7.72. The van der Waals surface area contributed by atoms with Crippen LogP contribution >= 0.6 is 23.1 Å². The van der Waals surface area contributed by atoms with Gasteiger partial charge in [0.25, 0.3) is 0 Å².